The van der Waals surface area contributed by atoms with Crippen molar-refractivity contribution in [1.82, 2.24) is 25.0 Å². The zero-order chi connectivity index (χ0) is 17.4. The molecule has 25 heavy (non-hydrogen) atoms. The van der Waals surface area contributed by atoms with E-state index in [0.29, 0.717) is 0 Å². The standard InChI is InChI=1S/C18H25N5O2/c1-12(2)16-20-17-13(6-3-10-23(17)21-16)19-18(24)22-9-4-7-14(22)15-8-5-11-25-15/h5,8,11-14H,3-4,6-7,9-10H2,1-2H3,(H,19,24). The van der Waals surface area contributed by atoms with Crippen molar-refractivity contribution in [3.63, 3.8) is 0 Å². The van der Waals surface area contributed by atoms with Crippen LogP contribution in [-0.4, -0.2) is 32.2 Å². The van der Waals surface area contributed by atoms with Crippen LogP contribution in [0.15, 0.2) is 22.8 Å². The maximum Gasteiger partial charge on any atom is 0.318 e. The molecule has 2 aromatic heterocycles. The number of furan rings is 1. The lowest BCUT2D eigenvalue weighted by molar-refractivity contribution is 0.179. The third-order valence-corrected chi connectivity index (χ3v) is 5.09. The minimum absolute atomic E-state index is 0.0303. The van der Waals surface area contributed by atoms with Gasteiger partial charge in [0.15, 0.2) is 5.82 Å². The van der Waals surface area contributed by atoms with Crippen LogP contribution in [0.4, 0.5) is 4.79 Å². The molecule has 7 heteroatoms. The number of fused-ring (bicyclic) bond motifs is 1. The second kappa shape index (κ2) is 6.54. The fourth-order valence-electron chi connectivity index (χ4n) is 3.77. The predicted octanol–water partition coefficient (Wildman–Crippen LogP) is 3.38. The van der Waals surface area contributed by atoms with Gasteiger partial charge in [-0.25, -0.2) is 14.5 Å². The van der Waals surface area contributed by atoms with E-state index in [4.69, 9.17) is 4.42 Å². The van der Waals surface area contributed by atoms with Crippen molar-refractivity contribution >= 4 is 6.03 Å². The smallest absolute Gasteiger partial charge is 0.318 e. The van der Waals surface area contributed by atoms with E-state index in [9.17, 15) is 4.79 Å². The Morgan fingerprint density at radius 3 is 2.92 bits per heavy atom. The summed E-state index contributed by atoms with van der Waals surface area (Å²) >= 11 is 0. The summed E-state index contributed by atoms with van der Waals surface area (Å²) in [5.41, 5.74) is 0. The van der Waals surface area contributed by atoms with Crippen LogP contribution in [0.2, 0.25) is 0 Å². The molecule has 0 aliphatic carbocycles. The van der Waals surface area contributed by atoms with Gasteiger partial charge in [0.2, 0.25) is 0 Å². The Morgan fingerprint density at radius 1 is 1.32 bits per heavy atom. The number of hydrogen-bond donors (Lipinski definition) is 1. The first-order valence-corrected chi connectivity index (χ1v) is 9.18. The average molecular weight is 343 g/mol. The van der Waals surface area contributed by atoms with Gasteiger partial charge in [-0.1, -0.05) is 13.8 Å². The third kappa shape index (κ3) is 3.03. The molecule has 0 aromatic carbocycles. The van der Waals surface area contributed by atoms with Crippen molar-refractivity contribution in [2.45, 2.75) is 64.1 Å². The fraction of sp³-hybridized carbons (Fsp3) is 0.611. The second-order valence-electron chi connectivity index (χ2n) is 7.22. The van der Waals surface area contributed by atoms with Crippen LogP contribution in [-0.2, 0) is 6.54 Å². The zero-order valence-corrected chi connectivity index (χ0v) is 14.8. The minimum Gasteiger partial charge on any atom is -0.467 e. The molecule has 0 bridgehead atoms. The normalized spacial score (nSPS) is 23.1. The molecular formula is C18H25N5O2. The van der Waals surface area contributed by atoms with E-state index in [-0.39, 0.29) is 24.0 Å². The summed E-state index contributed by atoms with van der Waals surface area (Å²) in [5.74, 6) is 2.89. The Bertz CT molecular complexity index is 737. The summed E-state index contributed by atoms with van der Waals surface area (Å²) in [5, 5.41) is 7.77. The summed E-state index contributed by atoms with van der Waals surface area (Å²) in [4.78, 5) is 19.5. The second-order valence-corrected chi connectivity index (χ2v) is 7.22. The van der Waals surface area contributed by atoms with Gasteiger partial charge >= 0.3 is 6.03 Å². The van der Waals surface area contributed by atoms with E-state index in [0.717, 1.165) is 56.2 Å². The quantitative estimate of drug-likeness (QED) is 0.927. The summed E-state index contributed by atoms with van der Waals surface area (Å²) in [6.45, 7) is 5.81. The fourth-order valence-corrected chi connectivity index (χ4v) is 3.77. The van der Waals surface area contributed by atoms with Crippen molar-refractivity contribution < 1.29 is 9.21 Å². The van der Waals surface area contributed by atoms with Crippen molar-refractivity contribution in [2.24, 2.45) is 0 Å². The molecule has 2 atom stereocenters. The Labute approximate surface area is 147 Å². The van der Waals surface area contributed by atoms with E-state index in [1.165, 1.54) is 0 Å². The van der Waals surface area contributed by atoms with Gasteiger partial charge in [0.05, 0.1) is 18.3 Å². The molecule has 0 spiro atoms. The first-order valence-electron chi connectivity index (χ1n) is 9.18. The maximum absolute atomic E-state index is 12.9. The van der Waals surface area contributed by atoms with Crippen molar-refractivity contribution in [3.8, 4) is 0 Å². The molecule has 134 valence electrons. The van der Waals surface area contributed by atoms with Crippen LogP contribution in [0.5, 0.6) is 0 Å². The van der Waals surface area contributed by atoms with Gasteiger partial charge in [0, 0.05) is 19.0 Å². The van der Waals surface area contributed by atoms with Gasteiger partial charge in [-0.3, -0.25) is 0 Å². The highest BCUT2D eigenvalue weighted by atomic mass is 16.3. The lowest BCUT2D eigenvalue weighted by Gasteiger charge is -2.28. The van der Waals surface area contributed by atoms with Crippen LogP contribution < -0.4 is 5.32 Å². The van der Waals surface area contributed by atoms with E-state index in [1.54, 1.807) is 6.26 Å². The first-order chi connectivity index (χ1) is 12.1. The van der Waals surface area contributed by atoms with Gasteiger partial charge in [-0.2, -0.15) is 5.10 Å². The molecule has 0 radical (unpaired) electrons. The number of aryl methyl sites for hydroxylation is 1. The number of amides is 2. The summed E-state index contributed by atoms with van der Waals surface area (Å²) in [7, 11) is 0. The molecule has 2 aromatic rings. The molecule has 1 saturated heterocycles. The molecule has 2 amide bonds. The number of hydrogen-bond acceptors (Lipinski definition) is 4. The highest BCUT2D eigenvalue weighted by molar-refractivity contribution is 5.75. The van der Waals surface area contributed by atoms with Crippen molar-refractivity contribution in [3.05, 3.63) is 35.8 Å². The lowest BCUT2D eigenvalue weighted by atomic mass is 10.1. The Morgan fingerprint density at radius 2 is 2.16 bits per heavy atom. The van der Waals surface area contributed by atoms with Gasteiger partial charge < -0.3 is 14.6 Å². The number of urea groups is 1. The van der Waals surface area contributed by atoms with Crippen molar-refractivity contribution in [2.75, 3.05) is 6.54 Å². The molecule has 1 N–H and O–H groups in total. The van der Waals surface area contributed by atoms with E-state index >= 15 is 0 Å². The number of carbonyl (C=O) groups excluding carboxylic acids is 1. The van der Waals surface area contributed by atoms with Crippen molar-refractivity contribution in [1.29, 1.82) is 0 Å². The lowest BCUT2D eigenvalue weighted by Crippen LogP contribution is -2.42. The zero-order valence-electron chi connectivity index (χ0n) is 14.8. The molecule has 1 fully saturated rings. The molecule has 2 aliphatic heterocycles. The molecule has 2 aliphatic rings. The van der Waals surface area contributed by atoms with Gasteiger partial charge in [-0.15, -0.1) is 0 Å². The van der Waals surface area contributed by atoms with E-state index < -0.39 is 0 Å². The molecule has 4 heterocycles. The first kappa shape index (κ1) is 16.2. The maximum atomic E-state index is 12.9. The van der Waals surface area contributed by atoms with Crippen LogP contribution in [0.3, 0.4) is 0 Å². The number of nitrogens with zero attached hydrogens (tertiary/aromatic N) is 4. The van der Waals surface area contributed by atoms with Crippen LogP contribution >= 0.6 is 0 Å². The average Bonchev–Trinajstić information content (AvgIpc) is 3.33. The molecule has 7 nitrogen and oxygen atoms in total. The van der Waals surface area contributed by atoms with Crippen LogP contribution in [0.1, 0.15) is 74.9 Å². The Balaban J connectivity index is 1.50. The largest absolute Gasteiger partial charge is 0.467 e. The molecular weight excluding hydrogens is 318 g/mol. The summed E-state index contributed by atoms with van der Waals surface area (Å²) in [6, 6.07) is 3.75. The number of rotatable bonds is 3. The number of nitrogens with one attached hydrogen (secondary N) is 1. The van der Waals surface area contributed by atoms with Gasteiger partial charge in [0.1, 0.15) is 11.6 Å². The molecule has 2 unspecified atom stereocenters. The van der Waals surface area contributed by atoms with Gasteiger partial charge in [0.25, 0.3) is 0 Å². The molecule has 0 saturated carbocycles. The Kier molecular flexibility index (Phi) is 4.23. The number of aromatic nitrogens is 3. The molecule has 4 rings (SSSR count). The topological polar surface area (TPSA) is 76.2 Å². The SMILES string of the molecule is CC(C)c1nc2n(n1)CCCC2NC(=O)N1CCCC1c1ccco1. The highest BCUT2D eigenvalue weighted by Gasteiger charge is 2.34. The summed E-state index contributed by atoms with van der Waals surface area (Å²) < 4.78 is 7.48. The van der Waals surface area contributed by atoms with Crippen LogP contribution in [0, 0.1) is 0 Å². The number of carbonyl (C=O) groups is 1. The predicted molar refractivity (Wildman–Crippen MR) is 92.0 cm³/mol. The number of likely N-dealkylation sites (tertiary alicyclic amines) is 1. The van der Waals surface area contributed by atoms with Gasteiger partial charge in [-0.05, 0) is 37.8 Å². The van der Waals surface area contributed by atoms with E-state index in [1.807, 2.05) is 21.7 Å². The Hall–Kier alpha value is -2.31. The minimum atomic E-state index is -0.0703. The third-order valence-electron chi connectivity index (χ3n) is 5.09. The van der Waals surface area contributed by atoms with Crippen LogP contribution in [0.25, 0.3) is 0 Å². The highest BCUT2D eigenvalue weighted by Crippen LogP contribution is 2.33. The van der Waals surface area contributed by atoms with E-state index in [2.05, 4.69) is 29.2 Å². The monoisotopic (exact) mass is 343 g/mol. The summed E-state index contributed by atoms with van der Waals surface area (Å²) in [6.07, 6.45) is 5.51.